The minimum atomic E-state index is 0.731. The first kappa shape index (κ1) is 16.1. The van der Waals surface area contributed by atoms with Crippen molar-refractivity contribution in [3.8, 4) is 11.5 Å². The lowest BCUT2D eigenvalue weighted by Gasteiger charge is -2.09. The number of halogens is 1. The minimum Gasteiger partial charge on any atom is -0.318 e. The van der Waals surface area contributed by atoms with Crippen LogP contribution in [0.15, 0.2) is 83.5 Å². The van der Waals surface area contributed by atoms with E-state index in [4.69, 9.17) is 9.97 Å². The van der Waals surface area contributed by atoms with E-state index >= 15 is 0 Å². The molecule has 27 heavy (non-hydrogen) atoms. The zero-order valence-corrected chi connectivity index (χ0v) is 16.0. The number of benzene rings is 3. The van der Waals surface area contributed by atoms with Crippen molar-refractivity contribution in [3.05, 3.63) is 89.0 Å². The summed E-state index contributed by atoms with van der Waals surface area (Å²) in [6, 6.07) is 24.5. The number of imidazole rings is 1. The van der Waals surface area contributed by atoms with E-state index in [1.54, 1.807) is 6.20 Å². The molecule has 0 saturated carbocycles. The van der Waals surface area contributed by atoms with Crippen molar-refractivity contribution in [1.29, 1.82) is 0 Å². The highest BCUT2D eigenvalue weighted by molar-refractivity contribution is 9.10. The van der Waals surface area contributed by atoms with E-state index in [1.165, 1.54) is 5.56 Å². The van der Waals surface area contributed by atoms with Crippen LogP contribution in [0.1, 0.15) is 5.56 Å². The van der Waals surface area contributed by atoms with Crippen LogP contribution >= 0.6 is 15.9 Å². The summed E-state index contributed by atoms with van der Waals surface area (Å²) in [5, 5.41) is 0. The lowest BCUT2D eigenvalue weighted by molar-refractivity contribution is 0.830. The Morgan fingerprint density at radius 3 is 2.48 bits per heavy atom. The van der Waals surface area contributed by atoms with Crippen molar-refractivity contribution in [1.82, 2.24) is 19.5 Å². The van der Waals surface area contributed by atoms with Crippen LogP contribution in [-0.4, -0.2) is 19.5 Å². The summed E-state index contributed by atoms with van der Waals surface area (Å²) in [4.78, 5) is 14.3. The van der Waals surface area contributed by atoms with E-state index in [1.807, 2.05) is 42.5 Å². The van der Waals surface area contributed by atoms with Crippen LogP contribution in [0.4, 0.5) is 0 Å². The summed E-state index contributed by atoms with van der Waals surface area (Å²) in [6.45, 7) is 0.731. The number of nitrogens with zero attached hydrogens (tertiary/aromatic N) is 4. The highest BCUT2D eigenvalue weighted by atomic mass is 79.9. The first-order valence-electron chi connectivity index (χ1n) is 8.70. The maximum atomic E-state index is 4.86. The van der Waals surface area contributed by atoms with Gasteiger partial charge in [0.25, 0.3) is 0 Å². The molecule has 4 nitrogen and oxygen atoms in total. The molecular formula is C22H15BrN4. The molecular weight excluding hydrogens is 400 g/mol. The summed E-state index contributed by atoms with van der Waals surface area (Å²) in [5.41, 5.74) is 5.76. The molecule has 0 aliphatic carbocycles. The smallest absolute Gasteiger partial charge is 0.161 e. The summed E-state index contributed by atoms with van der Waals surface area (Å²) in [7, 11) is 0. The van der Waals surface area contributed by atoms with E-state index in [9.17, 15) is 0 Å². The van der Waals surface area contributed by atoms with Gasteiger partial charge in [0.1, 0.15) is 5.69 Å². The van der Waals surface area contributed by atoms with Crippen LogP contribution in [0, 0.1) is 0 Å². The van der Waals surface area contributed by atoms with Gasteiger partial charge in [-0.05, 0) is 35.9 Å². The number of fused-ring (bicyclic) bond motifs is 2. The molecule has 5 aromatic rings. The monoisotopic (exact) mass is 414 g/mol. The Hall–Kier alpha value is -3.05. The molecule has 0 radical (unpaired) electrons. The number of rotatable bonds is 3. The highest BCUT2D eigenvalue weighted by Crippen LogP contribution is 2.26. The fourth-order valence-electron chi connectivity index (χ4n) is 3.29. The van der Waals surface area contributed by atoms with E-state index in [0.717, 1.165) is 44.6 Å². The van der Waals surface area contributed by atoms with Gasteiger partial charge < -0.3 is 4.57 Å². The topological polar surface area (TPSA) is 43.6 Å². The number of hydrogen-bond acceptors (Lipinski definition) is 3. The molecule has 0 aliphatic rings. The first-order chi connectivity index (χ1) is 13.3. The zero-order chi connectivity index (χ0) is 18.2. The molecule has 3 aromatic carbocycles. The fourth-order valence-corrected chi connectivity index (χ4v) is 3.64. The van der Waals surface area contributed by atoms with Crippen molar-refractivity contribution < 1.29 is 0 Å². The summed E-state index contributed by atoms with van der Waals surface area (Å²) in [5.74, 6) is 0.828. The van der Waals surface area contributed by atoms with Crippen molar-refractivity contribution in [2.24, 2.45) is 0 Å². The Balaban J connectivity index is 1.71. The SMILES string of the molecule is Brc1ccc2ncc(-c3nc4ccccc4n3Cc3ccccc3)nc2c1. The molecule has 0 saturated heterocycles. The maximum absolute atomic E-state index is 4.86. The van der Waals surface area contributed by atoms with Gasteiger partial charge in [0, 0.05) is 11.0 Å². The molecule has 0 fully saturated rings. The Kier molecular flexibility index (Phi) is 3.94. The molecule has 2 heterocycles. The van der Waals surface area contributed by atoms with Gasteiger partial charge in [-0.25, -0.2) is 9.97 Å². The van der Waals surface area contributed by atoms with Crippen LogP contribution in [0.2, 0.25) is 0 Å². The van der Waals surface area contributed by atoms with Gasteiger partial charge in [0.15, 0.2) is 5.82 Å². The molecule has 5 heteroatoms. The van der Waals surface area contributed by atoms with Crippen LogP contribution in [0.3, 0.4) is 0 Å². The molecule has 0 amide bonds. The second-order valence-corrected chi connectivity index (χ2v) is 7.30. The van der Waals surface area contributed by atoms with Crippen molar-refractivity contribution >= 4 is 38.0 Å². The summed E-state index contributed by atoms with van der Waals surface area (Å²) in [6.07, 6.45) is 1.80. The maximum Gasteiger partial charge on any atom is 0.161 e. The second-order valence-electron chi connectivity index (χ2n) is 6.38. The van der Waals surface area contributed by atoms with Crippen LogP contribution in [0.25, 0.3) is 33.6 Å². The van der Waals surface area contributed by atoms with Crippen LogP contribution in [0.5, 0.6) is 0 Å². The molecule has 0 atom stereocenters. The third-order valence-corrected chi connectivity index (χ3v) is 5.06. The lowest BCUT2D eigenvalue weighted by Crippen LogP contribution is -2.03. The van der Waals surface area contributed by atoms with E-state index in [2.05, 4.69) is 55.8 Å². The van der Waals surface area contributed by atoms with Gasteiger partial charge in [-0.3, -0.25) is 4.98 Å². The molecule has 2 aromatic heterocycles. The van der Waals surface area contributed by atoms with Gasteiger partial charge in [-0.1, -0.05) is 58.4 Å². The molecule has 0 bridgehead atoms. The Morgan fingerprint density at radius 1 is 0.778 bits per heavy atom. The molecule has 0 N–H and O–H groups in total. The molecule has 0 spiro atoms. The highest BCUT2D eigenvalue weighted by Gasteiger charge is 2.15. The first-order valence-corrected chi connectivity index (χ1v) is 9.49. The van der Waals surface area contributed by atoms with E-state index < -0.39 is 0 Å². The largest absolute Gasteiger partial charge is 0.318 e. The quantitative estimate of drug-likeness (QED) is 0.393. The summed E-state index contributed by atoms with van der Waals surface area (Å²) >= 11 is 3.51. The number of hydrogen-bond donors (Lipinski definition) is 0. The third kappa shape index (κ3) is 3.00. The zero-order valence-electron chi connectivity index (χ0n) is 14.4. The van der Waals surface area contributed by atoms with Gasteiger partial charge in [-0.15, -0.1) is 0 Å². The van der Waals surface area contributed by atoms with Crippen LogP contribution in [-0.2, 0) is 6.54 Å². The molecule has 0 aliphatic heterocycles. The Bertz CT molecular complexity index is 1260. The average Bonchev–Trinajstić information content (AvgIpc) is 3.07. The van der Waals surface area contributed by atoms with Gasteiger partial charge in [-0.2, -0.15) is 0 Å². The predicted octanol–water partition coefficient (Wildman–Crippen LogP) is 5.46. The molecule has 130 valence electrons. The van der Waals surface area contributed by atoms with Gasteiger partial charge in [0.2, 0.25) is 0 Å². The minimum absolute atomic E-state index is 0.731. The summed E-state index contributed by atoms with van der Waals surface area (Å²) < 4.78 is 3.19. The van der Waals surface area contributed by atoms with Crippen molar-refractivity contribution in [3.63, 3.8) is 0 Å². The second kappa shape index (κ2) is 6.59. The van der Waals surface area contributed by atoms with E-state index in [-0.39, 0.29) is 0 Å². The van der Waals surface area contributed by atoms with Gasteiger partial charge >= 0.3 is 0 Å². The van der Waals surface area contributed by atoms with Gasteiger partial charge in [0.05, 0.1) is 28.3 Å². The Morgan fingerprint density at radius 2 is 1.59 bits per heavy atom. The normalized spacial score (nSPS) is 11.3. The van der Waals surface area contributed by atoms with E-state index in [0.29, 0.717) is 0 Å². The lowest BCUT2D eigenvalue weighted by atomic mass is 10.2. The molecule has 0 unspecified atom stereocenters. The van der Waals surface area contributed by atoms with Crippen molar-refractivity contribution in [2.75, 3.05) is 0 Å². The number of aromatic nitrogens is 4. The fraction of sp³-hybridized carbons (Fsp3) is 0.0455. The molecule has 5 rings (SSSR count). The number of para-hydroxylation sites is 2. The standard InChI is InChI=1S/C22H15BrN4/c23-16-10-11-17-19(12-16)25-20(13-24-17)22-26-18-8-4-5-9-21(18)27(22)14-15-6-2-1-3-7-15/h1-13H,14H2. The predicted molar refractivity (Wildman–Crippen MR) is 112 cm³/mol. The Labute approximate surface area is 164 Å². The van der Waals surface area contributed by atoms with Crippen molar-refractivity contribution in [2.45, 2.75) is 6.54 Å². The average molecular weight is 415 g/mol. The third-order valence-electron chi connectivity index (χ3n) is 4.57. The van der Waals surface area contributed by atoms with Crippen LogP contribution < -0.4 is 0 Å².